The summed E-state index contributed by atoms with van der Waals surface area (Å²) in [5, 5.41) is 0. The Morgan fingerprint density at radius 1 is 1.00 bits per heavy atom. The summed E-state index contributed by atoms with van der Waals surface area (Å²) in [6.45, 7) is 1.18. The van der Waals surface area contributed by atoms with E-state index in [9.17, 15) is 13.2 Å². The summed E-state index contributed by atoms with van der Waals surface area (Å²) in [6.07, 6.45) is 1.47. The van der Waals surface area contributed by atoms with Gasteiger partial charge in [-0.3, -0.25) is 0 Å². The fraction of sp³-hybridized carbons (Fsp3) is 0.286. The van der Waals surface area contributed by atoms with Crippen LogP contribution < -0.4 is 0 Å². The van der Waals surface area contributed by atoms with Gasteiger partial charge in [-0.2, -0.15) is 13.2 Å². The largest absolute Gasteiger partial charge is 0.400 e. The van der Waals surface area contributed by atoms with Gasteiger partial charge in [-0.1, -0.05) is 54.6 Å². The number of hydrogen-bond acceptors (Lipinski definition) is 0. The molecule has 0 saturated carbocycles. The number of benzene rings is 1. The van der Waals surface area contributed by atoms with Gasteiger partial charge in [0.1, 0.15) is 0 Å². The first-order valence-electron chi connectivity index (χ1n) is 5.43. The van der Waals surface area contributed by atoms with Crippen molar-refractivity contribution in [1.29, 1.82) is 0 Å². The van der Waals surface area contributed by atoms with Crippen molar-refractivity contribution in [3.63, 3.8) is 0 Å². The van der Waals surface area contributed by atoms with Crippen LogP contribution in [0.1, 0.15) is 18.4 Å². The lowest BCUT2D eigenvalue weighted by atomic mass is 9.81. The van der Waals surface area contributed by atoms with Crippen molar-refractivity contribution in [2.24, 2.45) is 5.41 Å². The van der Waals surface area contributed by atoms with Gasteiger partial charge in [0.25, 0.3) is 0 Å². The second-order valence-corrected chi connectivity index (χ2v) is 4.44. The summed E-state index contributed by atoms with van der Waals surface area (Å²) < 4.78 is 38.3. The van der Waals surface area contributed by atoms with Crippen LogP contribution in [0.4, 0.5) is 13.2 Å². The SMILES string of the molecule is CC1(C(F)(F)F)C=CC(c2ccccc2)C=C1. The fourth-order valence-corrected chi connectivity index (χ4v) is 1.81. The molecule has 0 unspecified atom stereocenters. The molecule has 0 nitrogen and oxygen atoms in total. The molecule has 0 aliphatic heterocycles. The normalized spacial score (nSPS) is 28.4. The molecule has 3 heteroatoms. The Labute approximate surface area is 98.5 Å². The summed E-state index contributed by atoms with van der Waals surface area (Å²) >= 11 is 0. The van der Waals surface area contributed by atoms with Crippen molar-refractivity contribution in [3.05, 3.63) is 60.2 Å². The number of hydrogen-bond donors (Lipinski definition) is 0. The zero-order valence-electron chi connectivity index (χ0n) is 9.41. The average Bonchev–Trinajstić information content (AvgIpc) is 2.30. The van der Waals surface area contributed by atoms with Crippen LogP contribution in [0.3, 0.4) is 0 Å². The second-order valence-electron chi connectivity index (χ2n) is 4.44. The maximum atomic E-state index is 12.8. The lowest BCUT2D eigenvalue weighted by Crippen LogP contribution is -2.32. The minimum absolute atomic E-state index is 0.0633. The van der Waals surface area contributed by atoms with E-state index in [1.807, 2.05) is 30.3 Å². The van der Waals surface area contributed by atoms with Crippen molar-refractivity contribution in [1.82, 2.24) is 0 Å². The van der Waals surface area contributed by atoms with Gasteiger partial charge in [-0.05, 0) is 12.5 Å². The molecule has 17 heavy (non-hydrogen) atoms. The summed E-state index contributed by atoms with van der Waals surface area (Å²) in [4.78, 5) is 0. The highest BCUT2D eigenvalue weighted by Crippen LogP contribution is 2.43. The highest BCUT2D eigenvalue weighted by atomic mass is 19.4. The predicted molar refractivity (Wildman–Crippen MR) is 61.6 cm³/mol. The quantitative estimate of drug-likeness (QED) is 0.633. The van der Waals surface area contributed by atoms with Gasteiger partial charge in [0.05, 0.1) is 5.41 Å². The van der Waals surface area contributed by atoms with Crippen molar-refractivity contribution >= 4 is 0 Å². The van der Waals surface area contributed by atoms with E-state index in [-0.39, 0.29) is 5.92 Å². The summed E-state index contributed by atoms with van der Waals surface area (Å²) in [5.74, 6) is -0.0633. The number of rotatable bonds is 1. The number of allylic oxidation sites excluding steroid dienone is 4. The van der Waals surface area contributed by atoms with Gasteiger partial charge in [-0.25, -0.2) is 0 Å². The lowest BCUT2D eigenvalue weighted by molar-refractivity contribution is -0.183. The molecule has 1 aromatic rings. The second kappa shape index (κ2) is 4.06. The van der Waals surface area contributed by atoms with E-state index >= 15 is 0 Å². The molecule has 0 fully saturated rings. The Morgan fingerprint density at radius 2 is 1.53 bits per heavy atom. The molecule has 2 rings (SSSR count). The molecule has 0 saturated heterocycles. The van der Waals surface area contributed by atoms with E-state index in [1.54, 1.807) is 12.2 Å². The topological polar surface area (TPSA) is 0 Å². The summed E-state index contributed by atoms with van der Waals surface area (Å²) in [6, 6.07) is 9.48. The minimum atomic E-state index is -4.23. The van der Waals surface area contributed by atoms with Crippen LogP contribution in [0.2, 0.25) is 0 Å². The van der Waals surface area contributed by atoms with Crippen LogP contribution in [0.25, 0.3) is 0 Å². The van der Waals surface area contributed by atoms with E-state index in [0.717, 1.165) is 5.56 Å². The van der Waals surface area contributed by atoms with Crippen molar-refractivity contribution in [2.45, 2.75) is 19.0 Å². The predicted octanol–water partition coefficient (Wildman–Crippen LogP) is 4.46. The third-order valence-electron chi connectivity index (χ3n) is 3.09. The third-order valence-corrected chi connectivity index (χ3v) is 3.09. The van der Waals surface area contributed by atoms with Crippen molar-refractivity contribution < 1.29 is 13.2 Å². The molecule has 0 radical (unpaired) electrons. The van der Waals surface area contributed by atoms with Crippen LogP contribution >= 0.6 is 0 Å². The smallest absolute Gasteiger partial charge is 0.170 e. The van der Waals surface area contributed by atoms with E-state index in [4.69, 9.17) is 0 Å². The molecule has 1 aliphatic rings. The number of halogens is 3. The van der Waals surface area contributed by atoms with Crippen LogP contribution in [0.15, 0.2) is 54.6 Å². The molecule has 1 aromatic carbocycles. The third kappa shape index (κ3) is 2.28. The molecule has 0 atom stereocenters. The molecule has 0 aromatic heterocycles. The first-order valence-corrected chi connectivity index (χ1v) is 5.43. The van der Waals surface area contributed by atoms with Gasteiger partial charge in [0, 0.05) is 5.92 Å². The first-order chi connectivity index (χ1) is 7.92. The van der Waals surface area contributed by atoms with Gasteiger partial charge in [-0.15, -0.1) is 0 Å². The minimum Gasteiger partial charge on any atom is -0.170 e. The average molecular weight is 238 g/mol. The summed E-state index contributed by atoms with van der Waals surface area (Å²) in [7, 11) is 0. The Bertz CT molecular complexity index is 426. The molecule has 0 amide bonds. The van der Waals surface area contributed by atoms with Gasteiger partial charge in [0.15, 0.2) is 0 Å². The zero-order valence-corrected chi connectivity index (χ0v) is 9.41. The van der Waals surface area contributed by atoms with E-state index in [0.29, 0.717) is 0 Å². The molecule has 1 aliphatic carbocycles. The highest BCUT2D eigenvalue weighted by molar-refractivity contribution is 5.34. The van der Waals surface area contributed by atoms with E-state index in [1.165, 1.54) is 19.1 Å². The van der Waals surface area contributed by atoms with Crippen LogP contribution in [0, 0.1) is 5.41 Å². The maximum absolute atomic E-state index is 12.8. The number of alkyl halides is 3. The highest BCUT2D eigenvalue weighted by Gasteiger charge is 2.48. The van der Waals surface area contributed by atoms with Gasteiger partial charge in [0.2, 0.25) is 0 Å². The molecular weight excluding hydrogens is 225 g/mol. The lowest BCUT2D eigenvalue weighted by Gasteiger charge is -2.29. The Balaban J connectivity index is 2.22. The van der Waals surface area contributed by atoms with E-state index in [2.05, 4.69) is 0 Å². The Morgan fingerprint density at radius 3 is 2.00 bits per heavy atom. The van der Waals surface area contributed by atoms with Crippen molar-refractivity contribution in [2.75, 3.05) is 0 Å². The molecule has 90 valence electrons. The van der Waals surface area contributed by atoms with Gasteiger partial charge >= 0.3 is 6.18 Å². The monoisotopic (exact) mass is 238 g/mol. The molecule has 0 N–H and O–H groups in total. The summed E-state index contributed by atoms with van der Waals surface area (Å²) in [5.41, 5.74) is -0.831. The van der Waals surface area contributed by atoms with Gasteiger partial charge < -0.3 is 0 Å². The fourth-order valence-electron chi connectivity index (χ4n) is 1.81. The van der Waals surface area contributed by atoms with Crippen LogP contribution in [-0.4, -0.2) is 6.18 Å². The van der Waals surface area contributed by atoms with Crippen LogP contribution in [0.5, 0.6) is 0 Å². The molecule has 0 bridgehead atoms. The maximum Gasteiger partial charge on any atom is 0.400 e. The molecule has 0 heterocycles. The standard InChI is InChI=1S/C14H13F3/c1-13(14(15,16)17)9-7-12(8-10-13)11-5-3-2-4-6-11/h2-10,12H,1H3. The molecule has 0 spiro atoms. The zero-order chi connectivity index (χ0) is 12.5. The van der Waals surface area contributed by atoms with E-state index < -0.39 is 11.6 Å². The molecular formula is C14H13F3. The van der Waals surface area contributed by atoms with Crippen molar-refractivity contribution in [3.8, 4) is 0 Å². The Kier molecular flexibility index (Phi) is 2.86. The first kappa shape index (κ1) is 12.0. The Hall–Kier alpha value is -1.51. The van der Waals surface area contributed by atoms with Crippen LogP contribution in [-0.2, 0) is 0 Å².